The number of hydrogen-bond donors (Lipinski definition) is 2. The highest BCUT2D eigenvalue weighted by atomic mass is 16.2. The molecule has 0 aromatic heterocycles. The average Bonchev–Trinajstić information content (AvgIpc) is 2.74. The van der Waals surface area contributed by atoms with Crippen LogP contribution in [-0.2, 0) is 4.79 Å². The van der Waals surface area contributed by atoms with Crippen LogP contribution in [0.15, 0.2) is 0 Å². The van der Waals surface area contributed by atoms with Gasteiger partial charge in [-0.25, -0.2) is 0 Å². The molecule has 0 bridgehead atoms. The van der Waals surface area contributed by atoms with Crippen LogP contribution >= 0.6 is 0 Å². The van der Waals surface area contributed by atoms with Crippen molar-refractivity contribution in [1.29, 1.82) is 0 Å². The molecule has 3 heteroatoms. The van der Waals surface area contributed by atoms with Crippen LogP contribution in [0, 0.1) is 11.3 Å². The highest BCUT2D eigenvalue weighted by Gasteiger charge is 2.38. The predicted octanol–water partition coefficient (Wildman–Crippen LogP) is 2.07. The monoisotopic (exact) mass is 238 g/mol. The van der Waals surface area contributed by atoms with E-state index in [0.29, 0.717) is 5.41 Å². The molecule has 2 rings (SSSR count). The summed E-state index contributed by atoms with van der Waals surface area (Å²) in [6.45, 7) is 6.44. The quantitative estimate of drug-likeness (QED) is 0.770. The van der Waals surface area contributed by atoms with Crippen molar-refractivity contribution in [3.63, 3.8) is 0 Å². The molecule has 2 N–H and O–H groups in total. The minimum absolute atomic E-state index is 0.0752. The van der Waals surface area contributed by atoms with Gasteiger partial charge >= 0.3 is 0 Å². The van der Waals surface area contributed by atoms with Gasteiger partial charge in [0.15, 0.2) is 0 Å². The van der Waals surface area contributed by atoms with Gasteiger partial charge in [-0.15, -0.1) is 0 Å². The van der Waals surface area contributed by atoms with Crippen LogP contribution in [0.3, 0.4) is 0 Å². The summed E-state index contributed by atoms with van der Waals surface area (Å²) in [6, 6.07) is 0.0752. The van der Waals surface area contributed by atoms with Gasteiger partial charge < -0.3 is 10.6 Å². The van der Waals surface area contributed by atoms with E-state index in [1.807, 2.05) is 0 Å². The topological polar surface area (TPSA) is 41.1 Å². The molecule has 1 saturated carbocycles. The Kier molecular flexibility index (Phi) is 4.08. The first kappa shape index (κ1) is 12.9. The van der Waals surface area contributed by atoms with Crippen molar-refractivity contribution in [3.05, 3.63) is 0 Å². The summed E-state index contributed by atoms with van der Waals surface area (Å²) in [7, 11) is 0. The van der Waals surface area contributed by atoms with Gasteiger partial charge in [-0.1, -0.05) is 20.3 Å². The Hall–Kier alpha value is -0.570. The average molecular weight is 238 g/mol. The third kappa shape index (κ3) is 3.21. The van der Waals surface area contributed by atoms with Crippen molar-refractivity contribution >= 4 is 5.91 Å². The Labute approximate surface area is 105 Å². The molecule has 1 amide bonds. The molecule has 0 spiro atoms. The van der Waals surface area contributed by atoms with E-state index in [9.17, 15) is 4.79 Å². The van der Waals surface area contributed by atoms with Crippen molar-refractivity contribution in [2.45, 2.75) is 58.4 Å². The van der Waals surface area contributed by atoms with E-state index >= 15 is 0 Å². The van der Waals surface area contributed by atoms with Gasteiger partial charge in [0.05, 0.1) is 6.04 Å². The maximum Gasteiger partial charge on any atom is 0.237 e. The molecule has 1 heterocycles. The van der Waals surface area contributed by atoms with Crippen LogP contribution in [0.4, 0.5) is 0 Å². The molecule has 17 heavy (non-hydrogen) atoms. The van der Waals surface area contributed by atoms with E-state index in [-0.39, 0.29) is 11.9 Å². The van der Waals surface area contributed by atoms with Crippen molar-refractivity contribution in [2.24, 2.45) is 11.3 Å². The summed E-state index contributed by atoms with van der Waals surface area (Å²) in [5.74, 6) is 0.953. The van der Waals surface area contributed by atoms with E-state index in [0.717, 1.165) is 31.8 Å². The number of rotatable bonds is 5. The van der Waals surface area contributed by atoms with Crippen LogP contribution in [0.25, 0.3) is 0 Å². The van der Waals surface area contributed by atoms with E-state index in [4.69, 9.17) is 0 Å². The Morgan fingerprint density at radius 3 is 2.65 bits per heavy atom. The first-order valence-electron chi connectivity index (χ1n) is 7.12. The fourth-order valence-electron chi connectivity index (χ4n) is 3.30. The fourth-order valence-corrected chi connectivity index (χ4v) is 3.30. The highest BCUT2D eigenvalue weighted by molar-refractivity contribution is 5.82. The lowest BCUT2D eigenvalue weighted by molar-refractivity contribution is -0.123. The second-order valence-electron chi connectivity index (χ2n) is 6.32. The van der Waals surface area contributed by atoms with Gasteiger partial charge in [0.1, 0.15) is 0 Å². The second kappa shape index (κ2) is 5.38. The molecule has 0 aromatic rings. The Balaban J connectivity index is 1.77. The molecular weight excluding hydrogens is 212 g/mol. The molecule has 1 unspecified atom stereocenters. The summed E-state index contributed by atoms with van der Waals surface area (Å²) in [6.07, 6.45) is 7.32. The molecule has 0 aromatic carbocycles. The molecule has 1 aliphatic carbocycles. The molecule has 2 fully saturated rings. The zero-order valence-electron chi connectivity index (χ0n) is 11.2. The zero-order valence-corrected chi connectivity index (χ0v) is 11.2. The molecule has 98 valence electrons. The normalized spacial score (nSPS) is 26.9. The van der Waals surface area contributed by atoms with Crippen LogP contribution < -0.4 is 10.6 Å². The lowest BCUT2D eigenvalue weighted by atomic mass is 9.64. The molecule has 1 atom stereocenters. The number of nitrogens with one attached hydrogen (secondary N) is 2. The summed E-state index contributed by atoms with van der Waals surface area (Å²) < 4.78 is 0. The van der Waals surface area contributed by atoms with Crippen LogP contribution in [0.2, 0.25) is 0 Å². The molecule has 0 radical (unpaired) electrons. The molecule has 2 aliphatic rings. The second-order valence-corrected chi connectivity index (χ2v) is 6.32. The summed E-state index contributed by atoms with van der Waals surface area (Å²) >= 11 is 0. The summed E-state index contributed by atoms with van der Waals surface area (Å²) in [4.78, 5) is 11.9. The Morgan fingerprint density at radius 1 is 1.41 bits per heavy atom. The maximum absolute atomic E-state index is 11.9. The predicted molar refractivity (Wildman–Crippen MR) is 69.8 cm³/mol. The zero-order chi connectivity index (χ0) is 12.3. The van der Waals surface area contributed by atoms with Crippen LogP contribution in [0.5, 0.6) is 0 Å². The standard InChI is InChI=1S/C14H26N2O/c1-11(2)9-14(6-4-7-14)10-16-13(17)12-5-3-8-15-12/h11-12,15H,3-10H2,1-2H3,(H,16,17). The third-order valence-corrected chi connectivity index (χ3v) is 4.27. The van der Waals surface area contributed by atoms with Gasteiger partial charge in [-0.2, -0.15) is 0 Å². The smallest absolute Gasteiger partial charge is 0.237 e. The van der Waals surface area contributed by atoms with E-state index < -0.39 is 0 Å². The first-order valence-corrected chi connectivity index (χ1v) is 7.12. The third-order valence-electron chi connectivity index (χ3n) is 4.27. The van der Waals surface area contributed by atoms with Crippen LogP contribution in [-0.4, -0.2) is 25.0 Å². The first-order chi connectivity index (χ1) is 8.11. The highest BCUT2D eigenvalue weighted by Crippen LogP contribution is 2.45. The summed E-state index contributed by atoms with van der Waals surface area (Å²) in [5, 5.41) is 6.43. The SMILES string of the molecule is CC(C)CC1(CNC(=O)C2CCCN2)CCC1. The number of amides is 1. The number of carbonyl (C=O) groups is 1. The van der Waals surface area contributed by atoms with Crippen molar-refractivity contribution in [3.8, 4) is 0 Å². The van der Waals surface area contributed by atoms with Crippen LogP contribution in [0.1, 0.15) is 52.4 Å². The summed E-state index contributed by atoms with van der Waals surface area (Å²) in [5.41, 5.74) is 0.419. The van der Waals surface area contributed by atoms with E-state index in [2.05, 4.69) is 24.5 Å². The molecule has 3 nitrogen and oxygen atoms in total. The number of carbonyl (C=O) groups excluding carboxylic acids is 1. The lowest BCUT2D eigenvalue weighted by Crippen LogP contribution is -2.47. The van der Waals surface area contributed by atoms with Gasteiger partial charge in [-0.05, 0) is 50.0 Å². The van der Waals surface area contributed by atoms with Gasteiger partial charge in [0.25, 0.3) is 0 Å². The van der Waals surface area contributed by atoms with Gasteiger partial charge in [0, 0.05) is 6.54 Å². The minimum Gasteiger partial charge on any atom is -0.354 e. The number of hydrogen-bond acceptors (Lipinski definition) is 2. The largest absolute Gasteiger partial charge is 0.354 e. The van der Waals surface area contributed by atoms with Crippen molar-refractivity contribution in [1.82, 2.24) is 10.6 Å². The van der Waals surface area contributed by atoms with Gasteiger partial charge in [0.2, 0.25) is 5.91 Å². The Bertz CT molecular complexity index is 265. The fraction of sp³-hybridized carbons (Fsp3) is 0.929. The van der Waals surface area contributed by atoms with E-state index in [1.165, 1.54) is 25.7 Å². The molecule has 1 aliphatic heterocycles. The van der Waals surface area contributed by atoms with Crippen molar-refractivity contribution in [2.75, 3.05) is 13.1 Å². The van der Waals surface area contributed by atoms with Crippen molar-refractivity contribution < 1.29 is 4.79 Å². The lowest BCUT2D eigenvalue weighted by Gasteiger charge is -2.43. The maximum atomic E-state index is 11.9. The molecule has 1 saturated heterocycles. The van der Waals surface area contributed by atoms with E-state index in [1.54, 1.807) is 0 Å². The van der Waals surface area contributed by atoms with Gasteiger partial charge in [-0.3, -0.25) is 4.79 Å². The molecular formula is C14H26N2O. The minimum atomic E-state index is 0.0752. The Morgan fingerprint density at radius 2 is 2.18 bits per heavy atom.